The monoisotopic (exact) mass is 552 g/mol. The van der Waals surface area contributed by atoms with E-state index in [2.05, 4.69) is 40.7 Å². The van der Waals surface area contributed by atoms with Gasteiger partial charge in [-0.25, -0.2) is 8.78 Å². The second-order valence-corrected chi connectivity index (χ2v) is 16.6. The van der Waals surface area contributed by atoms with Crippen molar-refractivity contribution in [3.63, 3.8) is 0 Å². The maximum Gasteiger partial charge on any atom is 0.272 e. The molecule has 6 rings (SSSR count). The Morgan fingerprint density at radius 2 is 1.62 bits per heavy atom. The fraction of sp³-hybridized carbons (Fsp3) is 0.794. The number of fused-ring (bicyclic) bond motifs is 7. The smallest absolute Gasteiger partial charge is 0.272 e. The number of hydrogen-bond donors (Lipinski definition) is 0. The highest BCUT2D eigenvalue weighted by molar-refractivity contribution is 6.04. The molecule has 1 heterocycles. The van der Waals surface area contributed by atoms with Crippen LogP contribution < -0.4 is 0 Å². The molecule has 40 heavy (non-hydrogen) atoms. The number of allylic oxidation sites excluding steroid dienone is 4. The highest BCUT2D eigenvalue weighted by Gasteiger charge is 2.70. The SMILES string of the molecule is CC1(C)CC[C@]2(CN3CC(F)(F)C3)CC[C@]3(C)[C@H](C(=O)C=C4[C@@]5(C)C=C(C#N)C(=O)C(C)(C)C5CC[C@]43C)C2C1. The first kappa shape index (κ1) is 28.3. The van der Waals surface area contributed by atoms with E-state index in [9.17, 15) is 23.6 Å². The second kappa shape index (κ2) is 8.15. The molecular formula is C34H46F2N2O2. The molecule has 4 fully saturated rings. The molecule has 1 saturated heterocycles. The van der Waals surface area contributed by atoms with E-state index in [1.54, 1.807) is 0 Å². The van der Waals surface area contributed by atoms with E-state index in [1.807, 2.05) is 30.9 Å². The molecule has 0 bridgehead atoms. The summed E-state index contributed by atoms with van der Waals surface area (Å²) < 4.78 is 27.7. The lowest BCUT2D eigenvalue weighted by Gasteiger charge is -2.69. The lowest BCUT2D eigenvalue weighted by Crippen LogP contribution is -2.67. The van der Waals surface area contributed by atoms with Crippen LogP contribution in [0.4, 0.5) is 8.78 Å². The zero-order valence-electron chi connectivity index (χ0n) is 25.4. The van der Waals surface area contributed by atoms with E-state index in [1.165, 1.54) is 0 Å². The van der Waals surface area contributed by atoms with Gasteiger partial charge in [0.2, 0.25) is 0 Å². The molecule has 0 spiro atoms. The number of likely N-dealkylation sites (tertiary alicyclic amines) is 1. The molecule has 0 radical (unpaired) electrons. The molecule has 7 atom stereocenters. The van der Waals surface area contributed by atoms with E-state index in [-0.39, 0.29) is 69.6 Å². The van der Waals surface area contributed by atoms with Gasteiger partial charge in [0.25, 0.3) is 5.92 Å². The van der Waals surface area contributed by atoms with Crippen molar-refractivity contribution in [1.82, 2.24) is 4.90 Å². The van der Waals surface area contributed by atoms with Crippen LogP contribution in [0.1, 0.15) is 93.4 Å². The van der Waals surface area contributed by atoms with Gasteiger partial charge in [-0.15, -0.1) is 0 Å². The Labute approximate surface area is 238 Å². The summed E-state index contributed by atoms with van der Waals surface area (Å²) in [4.78, 5) is 29.7. The average Bonchev–Trinajstić information content (AvgIpc) is 2.82. The zero-order valence-corrected chi connectivity index (χ0v) is 25.4. The Hall–Kier alpha value is -1.87. The predicted molar refractivity (Wildman–Crippen MR) is 150 cm³/mol. The summed E-state index contributed by atoms with van der Waals surface area (Å²) in [5, 5.41) is 9.91. The van der Waals surface area contributed by atoms with Gasteiger partial charge in [-0.3, -0.25) is 14.5 Å². The Bertz CT molecular complexity index is 1280. The van der Waals surface area contributed by atoms with Gasteiger partial charge in [-0.05, 0) is 84.5 Å². The van der Waals surface area contributed by atoms with Crippen LogP contribution in [-0.2, 0) is 9.59 Å². The van der Waals surface area contributed by atoms with Crippen molar-refractivity contribution in [1.29, 1.82) is 5.26 Å². The Morgan fingerprint density at radius 1 is 0.975 bits per heavy atom. The van der Waals surface area contributed by atoms with Crippen molar-refractivity contribution in [3.8, 4) is 6.07 Å². The van der Waals surface area contributed by atoms with Gasteiger partial charge in [-0.2, -0.15) is 5.26 Å². The Morgan fingerprint density at radius 3 is 2.25 bits per heavy atom. The molecular weight excluding hydrogens is 506 g/mol. The number of halogens is 2. The van der Waals surface area contributed by atoms with Gasteiger partial charge in [-0.1, -0.05) is 60.1 Å². The van der Waals surface area contributed by atoms with Crippen LogP contribution in [0.5, 0.6) is 0 Å². The number of alkyl halides is 2. The number of ketones is 2. The van der Waals surface area contributed by atoms with Crippen LogP contribution in [0.3, 0.4) is 0 Å². The van der Waals surface area contributed by atoms with Crippen LogP contribution in [-0.4, -0.2) is 42.0 Å². The number of hydrogen-bond acceptors (Lipinski definition) is 4. The molecule has 0 N–H and O–H groups in total. The summed E-state index contributed by atoms with van der Waals surface area (Å²) in [6.45, 7) is 15.7. The maximum atomic E-state index is 14.5. The van der Waals surface area contributed by atoms with Crippen LogP contribution in [0.2, 0.25) is 0 Å². The van der Waals surface area contributed by atoms with Crippen molar-refractivity contribution in [2.24, 2.45) is 50.2 Å². The van der Waals surface area contributed by atoms with E-state index in [4.69, 9.17) is 0 Å². The molecule has 5 aliphatic carbocycles. The molecule has 0 aromatic carbocycles. The molecule has 6 aliphatic rings. The van der Waals surface area contributed by atoms with Crippen LogP contribution in [0, 0.1) is 61.6 Å². The molecule has 2 unspecified atom stereocenters. The normalized spacial score (nSPS) is 46.9. The van der Waals surface area contributed by atoms with Crippen molar-refractivity contribution in [3.05, 3.63) is 23.3 Å². The molecule has 4 nitrogen and oxygen atoms in total. The summed E-state index contributed by atoms with van der Waals surface area (Å²) in [5.41, 5.74) is -0.402. The Balaban J connectivity index is 1.46. The Kier molecular flexibility index (Phi) is 5.76. The van der Waals surface area contributed by atoms with Crippen molar-refractivity contribution in [2.75, 3.05) is 19.6 Å². The van der Waals surface area contributed by atoms with Crippen LogP contribution in [0.15, 0.2) is 23.3 Å². The van der Waals surface area contributed by atoms with E-state index >= 15 is 0 Å². The summed E-state index contributed by atoms with van der Waals surface area (Å²) in [6, 6.07) is 2.18. The highest BCUT2D eigenvalue weighted by atomic mass is 19.3. The lowest BCUT2D eigenvalue weighted by molar-refractivity contribution is -0.192. The summed E-state index contributed by atoms with van der Waals surface area (Å²) >= 11 is 0. The number of carbonyl (C=O) groups excluding carboxylic acids is 2. The second-order valence-electron chi connectivity index (χ2n) is 16.6. The van der Waals surface area contributed by atoms with Gasteiger partial charge < -0.3 is 0 Å². The highest BCUT2D eigenvalue weighted by Crippen LogP contribution is 2.74. The van der Waals surface area contributed by atoms with Gasteiger partial charge in [0, 0.05) is 23.3 Å². The molecule has 1 aliphatic heterocycles. The zero-order chi connectivity index (χ0) is 29.3. The molecule has 218 valence electrons. The maximum absolute atomic E-state index is 14.5. The number of nitriles is 1. The van der Waals surface area contributed by atoms with E-state index in [0.29, 0.717) is 6.54 Å². The van der Waals surface area contributed by atoms with Gasteiger partial charge in [0.1, 0.15) is 6.07 Å². The van der Waals surface area contributed by atoms with Crippen molar-refractivity contribution in [2.45, 2.75) is 99.3 Å². The van der Waals surface area contributed by atoms with Crippen LogP contribution >= 0.6 is 0 Å². The number of nitrogens with zero attached hydrogens (tertiary/aromatic N) is 2. The summed E-state index contributed by atoms with van der Waals surface area (Å²) in [6.07, 6.45) is 10.5. The first-order valence-corrected chi connectivity index (χ1v) is 15.4. The summed E-state index contributed by atoms with van der Waals surface area (Å²) in [7, 11) is 0. The van der Waals surface area contributed by atoms with Crippen LogP contribution in [0.25, 0.3) is 0 Å². The molecule has 0 aromatic rings. The predicted octanol–water partition coefficient (Wildman–Crippen LogP) is 7.16. The fourth-order valence-corrected chi connectivity index (χ4v) is 11.2. The largest absolute Gasteiger partial charge is 0.295 e. The van der Waals surface area contributed by atoms with Gasteiger partial charge >= 0.3 is 0 Å². The molecule has 3 saturated carbocycles. The summed E-state index contributed by atoms with van der Waals surface area (Å²) in [5.74, 6) is -2.45. The average molecular weight is 553 g/mol. The quantitative estimate of drug-likeness (QED) is 0.365. The molecule has 0 amide bonds. The van der Waals surface area contributed by atoms with Crippen molar-refractivity contribution < 1.29 is 18.4 Å². The van der Waals surface area contributed by atoms with Crippen molar-refractivity contribution >= 4 is 11.6 Å². The minimum Gasteiger partial charge on any atom is -0.295 e. The van der Waals surface area contributed by atoms with E-state index in [0.717, 1.165) is 50.5 Å². The first-order chi connectivity index (χ1) is 18.3. The third-order valence-corrected chi connectivity index (χ3v) is 13.5. The minimum absolute atomic E-state index is 0.0289. The van der Waals surface area contributed by atoms with E-state index < -0.39 is 16.8 Å². The minimum atomic E-state index is -2.59. The molecule has 0 aromatic heterocycles. The van der Waals surface area contributed by atoms with Gasteiger partial charge in [0.15, 0.2) is 11.6 Å². The third-order valence-electron chi connectivity index (χ3n) is 13.5. The fourth-order valence-electron chi connectivity index (χ4n) is 11.2. The topological polar surface area (TPSA) is 61.2 Å². The van der Waals surface area contributed by atoms with Gasteiger partial charge in [0.05, 0.1) is 18.7 Å². The number of Topliss-reactive ketones (excluding diaryl/α,β-unsaturated/α-hetero) is 1. The first-order valence-electron chi connectivity index (χ1n) is 15.4. The standard InChI is InChI=1S/C34H46F2N2O2/c1-28(2)10-12-33(18-38-19-34(35,36)20-38)13-11-32(7)26(22(33)16-28)23(39)14-25-30(5)15-21(17-37)27(40)29(3,4)24(30)8-9-31(25,32)6/h14-15,22,24,26H,8-13,16,18-20H2,1-7H3/t22?,24?,26-,30-,31+,32+,33+/m0/s1. The number of carbonyl (C=O) groups is 2. The molecule has 6 heteroatoms. The number of rotatable bonds is 2. The lowest BCUT2D eigenvalue weighted by atomic mass is 9.34. The third kappa shape index (κ3) is 3.55.